The Balaban J connectivity index is 2.34. The number of benzene rings is 1. The molecule has 20 heavy (non-hydrogen) atoms. The highest BCUT2D eigenvalue weighted by Gasteiger charge is 2.34. The summed E-state index contributed by atoms with van der Waals surface area (Å²) in [5.41, 5.74) is 0. The minimum Gasteiger partial charge on any atom is -0.494 e. The zero-order valence-electron chi connectivity index (χ0n) is 11.3. The number of aliphatic hydroxyl groups excluding tert-OH is 1. The van der Waals surface area contributed by atoms with Crippen molar-refractivity contribution in [2.45, 2.75) is 30.2 Å². The molecular weight excluding hydrogens is 285 g/mol. The summed E-state index contributed by atoms with van der Waals surface area (Å²) in [4.78, 5) is -0.115. The summed E-state index contributed by atoms with van der Waals surface area (Å²) in [6.07, 6.45) is 2.52. The highest BCUT2D eigenvalue weighted by atomic mass is 32.2. The van der Waals surface area contributed by atoms with Crippen molar-refractivity contribution >= 4 is 10.0 Å². The monoisotopic (exact) mass is 303 g/mol. The molecule has 1 aliphatic carbocycles. The number of hydrogen-bond acceptors (Lipinski definition) is 4. The van der Waals surface area contributed by atoms with Gasteiger partial charge in [0, 0.05) is 12.6 Å². The van der Waals surface area contributed by atoms with Gasteiger partial charge in [0.2, 0.25) is 10.0 Å². The Morgan fingerprint density at radius 1 is 1.45 bits per heavy atom. The molecule has 1 N–H and O–H groups in total. The molecule has 0 saturated heterocycles. The van der Waals surface area contributed by atoms with Crippen LogP contribution in [0, 0.1) is 5.82 Å². The fraction of sp³-hybridized carbons (Fsp3) is 0.538. The average Bonchev–Trinajstić information content (AvgIpc) is 2.36. The largest absolute Gasteiger partial charge is 0.494 e. The third-order valence-corrected chi connectivity index (χ3v) is 5.48. The van der Waals surface area contributed by atoms with Crippen molar-refractivity contribution in [3.8, 4) is 5.75 Å². The minimum atomic E-state index is -3.79. The fourth-order valence-corrected chi connectivity index (χ4v) is 3.90. The molecule has 0 spiro atoms. The second-order valence-corrected chi connectivity index (χ2v) is 6.61. The predicted octanol–water partition coefficient (Wildman–Crippen LogP) is 1.37. The smallest absolute Gasteiger partial charge is 0.243 e. The van der Waals surface area contributed by atoms with Crippen LogP contribution in [-0.2, 0) is 10.0 Å². The molecule has 0 aliphatic heterocycles. The number of sulfonamides is 1. The molecule has 5 nitrogen and oxygen atoms in total. The van der Waals surface area contributed by atoms with E-state index in [4.69, 9.17) is 9.84 Å². The minimum absolute atomic E-state index is 0.00121. The van der Waals surface area contributed by atoms with Gasteiger partial charge in [0.15, 0.2) is 11.6 Å². The lowest BCUT2D eigenvalue weighted by atomic mass is 9.93. The molecule has 2 rings (SSSR count). The molecule has 0 radical (unpaired) electrons. The van der Waals surface area contributed by atoms with E-state index in [1.165, 1.54) is 23.5 Å². The van der Waals surface area contributed by atoms with Gasteiger partial charge < -0.3 is 9.84 Å². The first-order valence-corrected chi connectivity index (χ1v) is 7.91. The second kappa shape index (κ2) is 6.07. The lowest BCUT2D eigenvalue weighted by Gasteiger charge is -2.36. The van der Waals surface area contributed by atoms with E-state index in [0.717, 1.165) is 25.3 Å². The molecule has 0 bridgehead atoms. The summed E-state index contributed by atoms with van der Waals surface area (Å²) >= 11 is 0. The normalized spacial score (nSPS) is 16.2. The van der Waals surface area contributed by atoms with Crippen LogP contribution in [0.15, 0.2) is 23.1 Å². The Hall–Kier alpha value is -1.18. The Labute approximate surface area is 118 Å². The third-order valence-electron chi connectivity index (χ3n) is 3.53. The molecule has 1 aromatic rings. The lowest BCUT2D eigenvalue weighted by molar-refractivity contribution is 0.178. The maximum Gasteiger partial charge on any atom is 0.243 e. The molecule has 0 atom stereocenters. The first-order valence-electron chi connectivity index (χ1n) is 6.47. The van der Waals surface area contributed by atoms with Gasteiger partial charge in [-0.2, -0.15) is 4.31 Å². The molecular formula is C13H18FNO4S. The van der Waals surface area contributed by atoms with Crippen molar-refractivity contribution in [1.82, 2.24) is 4.31 Å². The van der Waals surface area contributed by atoms with Crippen LogP contribution >= 0.6 is 0 Å². The van der Waals surface area contributed by atoms with Crippen molar-refractivity contribution in [1.29, 1.82) is 0 Å². The molecule has 0 aromatic heterocycles. The molecule has 0 amide bonds. The van der Waals surface area contributed by atoms with E-state index in [-0.39, 0.29) is 29.8 Å². The quantitative estimate of drug-likeness (QED) is 0.862. The molecule has 7 heteroatoms. The number of aliphatic hydroxyl groups is 1. The first-order chi connectivity index (χ1) is 9.50. The molecule has 1 aromatic carbocycles. The molecule has 0 heterocycles. The summed E-state index contributed by atoms with van der Waals surface area (Å²) in [5, 5.41) is 9.05. The van der Waals surface area contributed by atoms with E-state index < -0.39 is 15.8 Å². The zero-order valence-corrected chi connectivity index (χ0v) is 12.1. The van der Waals surface area contributed by atoms with Gasteiger partial charge in [0.1, 0.15) is 0 Å². The van der Waals surface area contributed by atoms with Crippen LogP contribution in [0.2, 0.25) is 0 Å². The van der Waals surface area contributed by atoms with Crippen molar-refractivity contribution in [3.63, 3.8) is 0 Å². The van der Waals surface area contributed by atoms with Gasteiger partial charge in [-0.05, 0) is 31.0 Å². The Morgan fingerprint density at radius 3 is 2.60 bits per heavy atom. The van der Waals surface area contributed by atoms with Crippen molar-refractivity contribution in [2.24, 2.45) is 0 Å². The summed E-state index contributed by atoms with van der Waals surface area (Å²) in [7, 11) is -2.47. The summed E-state index contributed by atoms with van der Waals surface area (Å²) in [5.74, 6) is -0.715. The van der Waals surface area contributed by atoms with Crippen LogP contribution in [0.1, 0.15) is 19.3 Å². The van der Waals surface area contributed by atoms with Gasteiger partial charge in [-0.3, -0.25) is 0 Å². The second-order valence-electron chi connectivity index (χ2n) is 4.72. The Morgan fingerprint density at radius 2 is 2.15 bits per heavy atom. The van der Waals surface area contributed by atoms with Gasteiger partial charge in [-0.15, -0.1) is 0 Å². The predicted molar refractivity (Wildman–Crippen MR) is 71.6 cm³/mol. The van der Waals surface area contributed by atoms with E-state index in [1.807, 2.05) is 0 Å². The maximum absolute atomic E-state index is 13.7. The van der Waals surface area contributed by atoms with Gasteiger partial charge in [-0.25, -0.2) is 12.8 Å². The number of nitrogens with zero attached hydrogens (tertiary/aromatic N) is 1. The number of halogens is 1. The van der Waals surface area contributed by atoms with E-state index in [1.54, 1.807) is 0 Å². The van der Waals surface area contributed by atoms with Crippen LogP contribution in [0.4, 0.5) is 4.39 Å². The number of rotatable bonds is 6. The Bertz CT molecular complexity index is 572. The van der Waals surface area contributed by atoms with E-state index >= 15 is 0 Å². The maximum atomic E-state index is 13.7. The van der Waals surface area contributed by atoms with Crippen LogP contribution in [0.5, 0.6) is 5.75 Å². The van der Waals surface area contributed by atoms with E-state index in [9.17, 15) is 12.8 Å². The molecule has 112 valence electrons. The molecule has 1 saturated carbocycles. The van der Waals surface area contributed by atoms with Gasteiger partial charge in [-0.1, -0.05) is 6.42 Å². The van der Waals surface area contributed by atoms with Gasteiger partial charge in [0.25, 0.3) is 0 Å². The molecule has 0 unspecified atom stereocenters. The van der Waals surface area contributed by atoms with Crippen molar-refractivity contribution in [2.75, 3.05) is 20.3 Å². The van der Waals surface area contributed by atoms with Crippen LogP contribution in [-0.4, -0.2) is 44.1 Å². The van der Waals surface area contributed by atoms with Crippen molar-refractivity contribution in [3.05, 3.63) is 24.0 Å². The Kier molecular flexibility index (Phi) is 4.62. The molecule has 1 aliphatic rings. The van der Waals surface area contributed by atoms with Gasteiger partial charge >= 0.3 is 0 Å². The van der Waals surface area contributed by atoms with Crippen LogP contribution in [0.3, 0.4) is 0 Å². The number of methoxy groups -OCH3 is 1. The van der Waals surface area contributed by atoms with Gasteiger partial charge in [0.05, 0.1) is 18.6 Å². The SMILES string of the molecule is COc1ccc(S(=O)(=O)N(CCO)C2CCC2)cc1F. The van der Waals surface area contributed by atoms with Crippen molar-refractivity contribution < 1.29 is 22.7 Å². The number of ether oxygens (including phenoxy) is 1. The highest BCUT2D eigenvalue weighted by Crippen LogP contribution is 2.30. The highest BCUT2D eigenvalue weighted by molar-refractivity contribution is 7.89. The molecule has 1 fully saturated rings. The average molecular weight is 303 g/mol. The number of hydrogen-bond donors (Lipinski definition) is 1. The summed E-state index contributed by atoms with van der Waals surface area (Å²) in [6.45, 7) is -0.227. The fourth-order valence-electron chi connectivity index (χ4n) is 2.22. The van der Waals surface area contributed by atoms with Crippen LogP contribution < -0.4 is 4.74 Å². The standard InChI is InChI=1S/C13H18FNO4S/c1-19-13-6-5-11(9-12(13)14)20(17,18)15(7-8-16)10-3-2-4-10/h5-6,9-10,16H,2-4,7-8H2,1H3. The van der Waals surface area contributed by atoms with Crippen LogP contribution in [0.25, 0.3) is 0 Å². The third kappa shape index (κ3) is 2.79. The lowest BCUT2D eigenvalue weighted by Crippen LogP contribution is -2.45. The zero-order chi connectivity index (χ0) is 14.8. The topological polar surface area (TPSA) is 66.8 Å². The van der Waals surface area contributed by atoms with E-state index in [0.29, 0.717) is 0 Å². The summed E-state index contributed by atoms with van der Waals surface area (Å²) < 4.78 is 44.7. The summed E-state index contributed by atoms with van der Waals surface area (Å²) in [6, 6.07) is 3.47. The first kappa shape index (κ1) is 15.2. The van der Waals surface area contributed by atoms with E-state index in [2.05, 4.69) is 0 Å².